The summed E-state index contributed by atoms with van der Waals surface area (Å²) in [6, 6.07) is 17.0. The van der Waals surface area contributed by atoms with Crippen molar-refractivity contribution in [3.05, 3.63) is 89.4 Å². The molecule has 4 nitrogen and oxygen atoms in total. The highest BCUT2D eigenvalue weighted by Crippen LogP contribution is 2.21. The second kappa shape index (κ2) is 9.87. The standard InChI is InChI=1S/C24H22F2O4/c1-16(2)17-6-8-19(9-7-17)28-15-22-11-10-20(29-22)12-13-23(27)18-4-3-5-21(14-18)30-24(25)26/h3-14,16,24H,15H2,1-2H3/b13-12+. The first-order valence-electron chi connectivity index (χ1n) is 9.49. The molecule has 0 fully saturated rings. The molecule has 0 saturated heterocycles. The van der Waals surface area contributed by atoms with Crippen LogP contribution in [-0.2, 0) is 6.61 Å². The first kappa shape index (κ1) is 21.3. The maximum atomic E-state index is 12.3. The second-order valence-corrected chi connectivity index (χ2v) is 6.92. The molecule has 1 aromatic heterocycles. The molecule has 6 heteroatoms. The Morgan fingerprint density at radius 3 is 2.50 bits per heavy atom. The first-order valence-corrected chi connectivity index (χ1v) is 9.49. The summed E-state index contributed by atoms with van der Waals surface area (Å²) < 4.78 is 40.3. The Morgan fingerprint density at radius 2 is 1.80 bits per heavy atom. The van der Waals surface area contributed by atoms with E-state index in [1.807, 2.05) is 24.3 Å². The first-order chi connectivity index (χ1) is 14.4. The molecule has 3 rings (SSSR count). The molecule has 0 aliphatic rings. The van der Waals surface area contributed by atoms with Crippen molar-refractivity contribution in [2.75, 3.05) is 0 Å². The molecule has 1 heterocycles. The quantitative estimate of drug-likeness (QED) is 0.298. The maximum absolute atomic E-state index is 12.3. The smallest absolute Gasteiger partial charge is 0.387 e. The number of hydrogen-bond acceptors (Lipinski definition) is 4. The van der Waals surface area contributed by atoms with Gasteiger partial charge in [-0.1, -0.05) is 38.1 Å². The number of halogens is 2. The van der Waals surface area contributed by atoms with E-state index in [4.69, 9.17) is 9.15 Å². The molecule has 156 valence electrons. The number of furan rings is 1. The summed E-state index contributed by atoms with van der Waals surface area (Å²) in [5.41, 5.74) is 1.48. The van der Waals surface area contributed by atoms with Gasteiger partial charge in [-0.05, 0) is 60.0 Å². The van der Waals surface area contributed by atoms with Gasteiger partial charge in [0.05, 0.1) is 0 Å². The van der Waals surface area contributed by atoms with E-state index in [-0.39, 0.29) is 23.7 Å². The van der Waals surface area contributed by atoms with Crippen molar-refractivity contribution >= 4 is 11.9 Å². The van der Waals surface area contributed by atoms with Gasteiger partial charge < -0.3 is 13.9 Å². The van der Waals surface area contributed by atoms with Crippen molar-refractivity contribution < 1.29 is 27.5 Å². The molecule has 3 aromatic rings. The lowest BCUT2D eigenvalue weighted by Gasteiger charge is -2.07. The van der Waals surface area contributed by atoms with Gasteiger partial charge in [-0.15, -0.1) is 0 Å². The van der Waals surface area contributed by atoms with E-state index in [0.717, 1.165) is 5.75 Å². The molecule has 0 saturated carbocycles. The van der Waals surface area contributed by atoms with Crippen LogP contribution in [0.3, 0.4) is 0 Å². The average molecular weight is 412 g/mol. The molecule has 0 atom stereocenters. The third-order valence-corrected chi connectivity index (χ3v) is 4.35. The highest BCUT2D eigenvalue weighted by molar-refractivity contribution is 6.06. The minimum atomic E-state index is -2.94. The Hall–Kier alpha value is -3.41. The summed E-state index contributed by atoms with van der Waals surface area (Å²) in [4.78, 5) is 12.3. The van der Waals surface area contributed by atoms with Gasteiger partial charge in [-0.3, -0.25) is 4.79 Å². The van der Waals surface area contributed by atoms with Crippen LogP contribution in [0, 0.1) is 0 Å². The van der Waals surface area contributed by atoms with Crippen LogP contribution in [0.4, 0.5) is 8.78 Å². The molecule has 0 aliphatic heterocycles. The van der Waals surface area contributed by atoms with Crippen LogP contribution in [0.2, 0.25) is 0 Å². The fourth-order valence-electron chi connectivity index (χ4n) is 2.74. The number of carbonyl (C=O) groups excluding carboxylic acids is 1. The Balaban J connectivity index is 1.57. The molecule has 2 aromatic carbocycles. The Morgan fingerprint density at radius 1 is 1.03 bits per heavy atom. The number of rotatable bonds is 9. The number of allylic oxidation sites excluding steroid dienone is 1. The monoisotopic (exact) mass is 412 g/mol. The topological polar surface area (TPSA) is 48.7 Å². The van der Waals surface area contributed by atoms with Crippen LogP contribution in [-0.4, -0.2) is 12.4 Å². The lowest BCUT2D eigenvalue weighted by molar-refractivity contribution is -0.0498. The minimum absolute atomic E-state index is 0.0666. The third kappa shape index (κ3) is 6.04. The zero-order chi connectivity index (χ0) is 21.5. The van der Waals surface area contributed by atoms with E-state index in [0.29, 0.717) is 17.4 Å². The zero-order valence-corrected chi connectivity index (χ0v) is 16.7. The molecular formula is C24H22F2O4. The van der Waals surface area contributed by atoms with E-state index in [1.54, 1.807) is 12.1 Å². The van der Waals surface area contributed by atoms with Crippen molar-refractivity contribution in [1.29, 1.82) is 0 Å². The van der Waals surface area contributed by atoms with E-state index in [9.17, 15) is 13.6 Å². The number of benzene rings is 2. The van der Waals surface area contributed by atoms with Crippen LogP contribution < -0.4 is 9.47 Å². The van der Waals surface area contributed by atoms with Gasteiger partial charge in [0.25, 0.3) is 0 Å². The third-order valence-electron chi connectivity index (χ3n) is 4.35. The number of alkyl halides is 2. The lowest BCUT2D eigenvalue weighted by atomic mass is 10.0. The fourth-order valence-corrected chi connectivity index (χ4v) is 2.74. The summed E-state index contributed by atoms with van der Waals surface area (Å²) in [6.07, 6.45) is 2.83. The van der Waals surface area contributed by atoms with Crippen molar-refractivity contribution in [3.8, 4) is 11.5 Å². The summed E-state index contributed by atoms with van der Waals surface area (Å²) in [6.45, 7) is 1.58. The predicted molar refractivity (Wildman–Crippen MR) is 110 cm³/mol. The Bertz CT molecular complexity index is 1000. The van der Waals surface area contributed by atoms with Crippen molar-refractivity contribution in [2.45, 2.75) is 33.0 Å². The van der Waals surface area contributed by atoms with Crippen LogP contribution in [0.5, 0.6) is 11.5 Å². The van der Waals surface area contributed by atoms with Gasteiger partial charge in [0.2, 0.25) is 0 Å². The molecule has 0 unspecified atom stereocenters. The van der Waals surface area contributed by atoms with Crippen LogP contribution >= 0.6 is 0 Å². The van der Waals surface area contributed by atoms with Gasteiger partial charge in [-0.2, -0.15) is 8.78 Å². The maximum Gasteiger partial charge on any atom is 0.387 e. The van der Waals surface area contributed by atoms with Crippen LogP contribution in [0.15, 0.2) is 71.2 Å². The van der Waals surface area contributed by atoms with E-state index < -0.39 is 6.61 Å². The van der Waals surface area contributed by atoms with Crippen LogP contribution in [0.25, 0.3) is 6.08 Å². The van der Waals surface area contributed by atoms with E-state index in [2.05, 4.69) is 18.6 Å². The van der Waals surface area contributed by atoms with Gasteiger partial charge in [0.1, 0.15) is 29.6 Å². The lowest BCUT2D eigenvalue weighted by Crippen LogP contribution is -2.03. The number of hydrogen-bond donors (Lipinski definition) is 0. The number of ether oxygens (including phenoxy) is 2. The van der Waals surface area contributed by atoms with Gasteiger partial charge >= 0.3 is 6.61 Å². The number of ketones is 1. The Kier molecular flexibility index (Phi) is 7.01. The largest absolute Gasteiger partial charge is 0.486 e. The average Bonchev–Trinajstić information content (AvgIpc) is 3.18. The van der Waals surface area contributed by atoms with E-state index in [1.165, 1.54) is 42.0 Å². The molecular weight excluding hydrogens is 390 g/mol. The Labute approximate surface area is 173 Å². The van der Waals surface area contributed by atoms with Crippen molar-refractivity contribution in [3.63, 3.8) is 0 Å². The summed E-state index contributed by atoms with van der Waals surface area (Å²) in [5.74, 6) is 1.88. The summed E-state index contributed by atoms with van der Waals surface area (Å²) >= 11 is 0. The molecule has 0 amide bonds. The zero-order valence-electron chi connectivity index (χ0n) is 16.7. The van der Waals surface area contributed by atoms with Crippen molar-refractivity contribution in [2.24, 2.45) is 0 Å². The van der Waals surface area contributed by atoms with Gasteiger partial charge in [0.15, 0.2) is 5.78 Å². The molecule has 30 heavy (non-hydrogen) atoms. The summed E-state index contributed by atoms with van der Waals surface area (Å²) in [5, 5.41) is 0. The fraction of sp³-hybridized carbons (Fsp3) is 0.208. The molecule has 0 spiro atoms. The van der Waals surface area contributed by atoms with Crippen LogP contribution in [0.1, 0.15) is 47.2 Å². The molecule has 0 N–H and O–H groups in total. The number of carbonyl (C=O) groups is 1. The highest BCUT2D eigenvalue weighted by atomic mass is 19.3. The van der Waals surface area contributed by atoms with Gasteiger partial charge in [-0.25, -0.2) is 0 Å². The highest BCUT2D eigenvalue weighted by Gasteiger charge is 2.08. The normalized spacial score (nSPS) is 11.4. The van der Waals surface area contributed by atoms with Crippen molar-refractivity contribution in [1.82, 2.24) is 0 Å². The van der Waals surface area contributed by atoms with E-state index >= 15 is 0 Å². The molecule has 0 bridgehead atoms. The molecule has 0 aliphatic carbocycles. The molecule has 0 radical (unpaired) electrons. The summed E-state index contributed by atoms with van der Waals surface area (Å²) in [7, 11) is 0. The second-order valence-electron chi connectivity index (χ2n) is 6.92. The van der Waals surface area contributed by atoms with Gasteiger partial charge in [0, 0.05) is 5.56 Å². The SMILES string of the molecule is CC(C)c1ccc(OCc2ccc(/C=C/C(=O)c3cccc(OC(F)F)c3)o2)cc1. The predicted octanol–water partition coefficient (Wildman–Crippen LogP) is 6.48. The minimum Gasteiger partial charge on any atom is -0.486 e.